The maximum absolute atomic E-state index is 10.0. The van der Waals surface area contributed by atoms with Gasteiger partial charge in [0, 0.05) is 0 Å². The molecular formula is C4H5NaO5. The van der Waals surface area contributed by atoms with Gasteiger partial charge in [-0.15, -0.1) is 0 Å². The molecule has 1 unspecified atom stereocenters. The molecule has 0 saturated heterocycles. The Morgan fingerprint density at radius 1 is 1.50 bits per heavy atom. The third kappa shape index (κ3) is 3.97. The number of aliphatic hydroxyl groups excluding tert-OH is 2. The van der Waals surface area contributed by atoms with Gasteiger partial charge in [0.1, 0.15) is 6.61 Å². The molecule has 10 heavy (non-hydrogen) atoms. The first-order valence-electron chi connectivity index (χ1n) is 2.12. The van der Waals surface area contributed by atoms with Crippen molar-refractivity contribution in [1.82, 2.24) is 0 Å². The minimum atomic E-state index is -2.20. The van der Waals surface area contributed by atoms with E-state index in [2.05, 4.69) is 0 Å². The maximum Gasteiger partial charge on any atom is 1.00 e. The molecule has 0 amide bonds. The molecular weight excluding hydrogens is 151 g/mol. The Morgan fingerprint density at radius 2 is 1.90 bits per heavy atom. The molecule has 0 aromatic carbocycles. The molecule has 0 fully saturated rings. The number of aliphatic carboxylic acids is 1. The first kappa shape index (κ1) is 12.7. The Hall–Kier alpha value is 0.0600. The Morgan fingerprint density at radius 3 is 2.00 bits per heavy atom. The summed E-state index contributed by atoms with van der Waals surface area (Å²) in [6, 6.07) is 0. The first-order valence-corrected chi connectivity index (χ1v) is 2.12. The quantitative estimate of drug-likeness (QED) is 0.313. The Balaban J connectivity index is 0. The van der Waals surface area contributed by atoms with Crippen molar-refractivity contribution in [3.8, 4) is 0 Å². The van der Waals surface area contributed by atoms with Crippen LogP contribution in [0.25, 0.3) is 0 Å². The van der Waals surface area contributed by atoms with Crippen LogP contribution in [0.5, 0.6) is 0 Å². The average molecular weight is 156 g/mol. The SMILES string of the molecule is O=C([O-])C(O)C(=O)CO.[Na+]. The number of hydrogen-bond acceptors (Lipinski definition) is 5. The van der Waals surface area contributed by atoms with Crippen LogP contribution in [0.3, 0.4) is 0 Å². The van der Waals surface area contributed by atoms with Crippen LogP contribution in [-0.4, -0.2) is 34.7 Å². The van der Waals surface area contributed by atoms with Crippen LogP contribution < -0.4 is 34.7 Å². The van der Waals surface area contributed by atoms with Gasteiger partial charge < -0.3 is 20.1 Å². The van der Waals surface area contributed by atoms with E-state index in [4.69, 9.17) is 10.2 Å². The van der Waals surface area contributed by atoms with E-state index in [1.165, 1.54) is 0 Å². The third-order valence-electron chi connectivity index (χ3n) is 0.684. The molecule has 52 valence electrons. The number of rotatable bonds is 3. The fraction of sp³-hybridized carbons (Fsp3) is 0.500. The van der Waals surface area contributed by atoms with Gasteiger partial charge in [0.25, 0.3) is 0 Å². The zero-order valence-corrected chi connectivity index (χ0v) is 7.40. The number of carbonyl (C=O) groups is 2. The molecule has 0 spiro atoms. The molecule has 1 atom stereocenters. The van der Waals surface area contributed by atoms with Crippen molar-refractivity contribution < 1.29 is 54.5 Å². The molecule has 0 aromatic heterocycles. The number of carbonyl (C=O) groups excluding carboxylic acids is 2. The number of carboxylic acid groups (broad SMARTS) is 1. The van der Waals surface area contributed by atoms with Gasteiger partial charge in [0.2, 0.25) is 0 Å². The Kier molecular flexibility index (Phi) is 7.39. The minimum Gasteiger partial charge on any atom is -0.547 e. The van der Waals surface area contributed by atoms with E-state index >= 15 is 0 Å². The van der Waals surface area contributed by atoms with Crippen LogP contribution in [0.4, 0.5) is 0 Å². The Bertz CT molecular complexity index is 134. The van der Waals surface area contributed by atoms with Crippen molar-refractivity contribution in [2.45, 2.75) is 6.10 Å². The molecule has 6 heteroatoms. The number of ketones is 1. The van der Waals surface area contributed by atoms with E-state index in [0.29, 0.717) is 0 Å². The molecule has 0 aliphatic rings. The second kappa shape index (κ2) is 5.82. The third-order valence-corrected chi connectivity index (χ3v) is 0.684. The molecule has 0 bridgehead atoms. The summed E-state index contributed by atoms with van der Waals surface area (Å²) in [5, 5.41) is 25.8. The molecule has 0 radical (unpaired) electrons. The zero-order valence-electron chi connectivity index (χ0n) is 5.40. The molecule has 0 heterocycles. The van der Waals surface area contributed by atoms with Crippen LogP contribution in [0.2, 0.25) is 0 Å². The predicted molar refractivity (Wildman–Crippen MR) is 23.1 cm³/mol. The van der Waals surface area contributed by atoms with E-state index in [1.807, 2.05) is 0 Å². The summed E-state index contributed by atoms with van der Waals surface area (Å²) in [7, 11) is 0. The van der Waals surface area contributed by atoms with Gasteiger partial charge in [0.05, 0.1) is 5.97 Å². The summed E-state index contributed by atoms with van der Waals surface area (Å²) >= 11 is 0. The molecule has 0 rings (SSSR count). The van der Waals surface area contributed by atoms with Crippen LogP contribution in [0.1, 0.15) is 0 Å². The number of aliphatic hydroxyl groups is 2. The van der Waals surface area contributed by atoms with Crippen LogP contribution in [0.15, 0.2) is 0 Å². The first-order chi connectivity index (χ1) is 4.09. The van der Waals surface area contributed by atoms with Crippen molar-refractivity contribution >= 4 is 11.8 Å². The molecule has 5 nitrogen and oxygen atoms in total. The van der Waals surface area contributed by atoms with Gasteiger partial charge in [0.15, 0.2) is 11.9 Å². The van der Waals surface area contributed by atoms with Gasteiger partial charge >= 0.3 is 29.6 Å². The second-order valence-corrected chi connectivity index (χ2v) is 1.35. The van der Waals surface area contributed by atoms with Crippen molar-refractivity contribution in [3.63, 3.8) is 0 Å². The summed E-state index contributed by atoms with van der Waals surface area (Å²) in [5.41, 5.74) is 0. The van der Waals surface area contributed by atoms with E-state index in [-0.39, 0.29) is 29.6 Å². The molecule has 0 aromatic rings. The van der Waals surface area contributed by atoms with Gasteiger partial charge in [-0.3, -0.25) is 4.79 Å². The largest absolute Gasteiger partial charge is 1.00 e. The van der Waals surface area contributed by atoms with Crippen LogP contribution >= 0.6 is 0 Å². The summed E-state index contributed by atoms with van der Waals surface area (Å²) in [4.78, 5) is 19.6. The summed E-state index contributed by atoms with van der Waals surface area (Å²) < 4.78 is 0. The molecule has 0 saturated carbocycles. The normalized spacial score (nSPS) is 11.4. The molecule has 2 N–H and O–H groups in total. The average Bonchev–Trinajstić information content (AvgIpc) is 1.84. The molecule has 0 aliphatic heterocycles. The van der Waals surface area contributed by atoms with Crippen molar-refractivity contribution in [1.29, 1.82) is 0 Å². The summed E-state index contributed by atoms with van der Waals surface area (Å²) in [6.45, 7) is -0.991. The number of Topliss-reactive ketones (excluding diaryl/α,β-unsaturated/α-hetero) is 1. The minimum absolute atomic E-state index is 0. The van der Waals surface area contributed by atoms with Crippen molar-refractivity contribution in [3.05, 3.63) is 0 Å². The summed E-state index contributed by atoms with van der Waals surface area (Å²) in [5.74, 6) is -3.07. The fourth-order valence-electron chi connectivity index (χ4n) is 0.218. The fourth-order valence-corrected chi connectivity index (χ4v) is 0.218. The van der Waals surface area contributed by atoms with Gasteiger partial charge in [-0.25, -0.2) is 0 Å². The van der Waals surface area contributed by atoms with Crippen LogP contribution in [-0.2, 0) is 9.59 Å². The maximum atomic E-state index is 10.0. The topological polar surface area (TPSA) is 97.7 Å². The van der Waals surface area contributed by atoms with E-state index in [9.17, 15) is 14.7 Å². The van der Waals surface area contributed by atoms with Crippen molar-refractivity contribution in [2.75, 3.05) is 6.61 Å². The summed E-state index contributed by atoms with van der Waals surface area (Å²) in [6.07, 6.45) is -2.20. The smallest absolute Gasteiger partial charge is 0.547 e. The number of hydrogen-bond donors (Lipinski definition) is 2. The van der Waals surface area contributed by atoms with E-state index in [1.54, 1.807) is 0 Å². The van der Waals surface area contributed by atoms with E-state index < -0.39 is 24.5 Å². The van der Waals surface area contributed by atoms with Crippen LogP contribution in [0, 0.1) is 0 Å². The van der Waals surface area contributed by atoms with Crippen molar-refractivity contribution in [2.24, 2.45) is 0 Å². The monoisotopic (exact) mass is 156 g/mol. The van der Waals surface area contributed by atoms with E-state index in [0.717, 1.165) is 0 Å². The van der Waals surface area contributed by atoms with Gasteiger partial charge in [-0.05, 0) is 0 Å². The zero-order chi connectivity index (χ0) is 7.44. The predicted octanol–water partition coefficient (Wildman–Crippen LogP) is -6.34. The number of carboxylic acids is 1. The molecule has 0 aliphatic carbocycles. The standard InChI is InChI=1S/C4H6O5.Na/c5-1-2(6)3(7)4(8)9;/h3,5,7H,1H2,(H,8,9);/q;+1/p-1. The Labute approximate surface area is 79.0 Å². The van der Waals surface area contributed by atoms with Gasteiger partial charge in [-0.2, -0.15) is 0 Å². The second-order valence-electron chi connectivity index (χ2n) is 1.35. The van der Waals surface area contributed by atoms with Gasteiger partial charge in [-0.1, -0.05) is 0 Å².